The lowest BCUT2D eigenvalue weighted by atomic mass is 10.1. The molecular formula is C19H11ClN4O2S. The molecule has 1 aliphatic rings. The van der Waals surface area contributed by atoms with Gasteiger partial charge in [-0.15, -0.1) is 5.10 Å². The Balaban J connectivity index is 1.76. The Morgan fingerprint density at radius 3 is 2.67 bits per heavy atom. The summed E-state index contributed by atoms with van der Waals surface area (Å²) in [6.07, 6.45) is 0. The van der Waals surface area contributed by atoms with Gasteiger partial charge in [0.1, 0.15) is 4.53 Å². The molecule has 27 heavy (non-hydrogen) atoms. The minimum absolute atomic E-state index is 0.201. The highest BCUT2D eigenvalue weighted by Gasteiger charge is 2.31. The Morgan fingerprint density at radius 2 is 1.89 bits per heavy atom. The maximum Gasteiger partial charge on any atom is 0.291 e. The molecule has 0 saturated carbocycles. The van der Waals surface area contributed by atoms with Crippen LogP contribution in [0.25, 0.3) is 21.9 Å². The van der Waals surface area contributed by atoms with E-state index in [1.807, 2.05) is 30.3 Å². The van der Waals surface area contributed by atoms with Crippen LogP contribution in [0.4, 0.5) is 5.69 Å². The summed E-state index contributed by atoms with van der Waals surface area (Å²) in [4.78, 5) is 32.1. The number of halogens is 1. The number of carbonyl (C=O) groups is 1. The van der Waals surface area contributed by atoms with Gasteiger partial charge in [0, 0.05) is 23.2 Å². The van der Waals surface area contributed by atoms with E-state index >= 15 is 0 Å². The molecule has 2 aromatic heterocycles. The van der Waals surface area contributed by atoms with Crippen molar-refractivity contribution in [2.75, 3.05) is 11.9 Å². The van der Waals surface area contributed by atoms with Crippen molar-refractivity contribution in [1.29, 1.82) is 0 Å². The molecule has 0 radical (unpaired) electrons. The topological polar surface area (TPSA) is 67.6 Å². The fraction of sp³-hybridized carbons (Fsp3) is 0.0526. The van der Waals surface area contributed by atoms with E-state index < -0.39 is 0 Å². The molecule has 0 spiro atoms. The molecule has 0 aliphatic carbocycles. The molecule has 4 aromatic rings. The molecule has 0 N–H and O–H groups in total. The van der Waals surface area contributed by atoms with Gasteiger partial charge in [-0.05, 0) is 18.2 Å². The Morgan fingerprint density at radius 1 is 1.07 bits per heavy atom. The van der Waals surface area contributed by atoms with Gasteiger partial charge in [0.25, 0.3) is 11.5 Å². The summed E-state index contributed by atoms with van der Waals surface area (Å²) in [6.45, 7) is 0. The van der Waals surface area contributed by atoms with Crippen molar-refractivity contribution in [3.8, 4) is 11.4 Å². The quantitative estimate of drug-likeness (QED) is 0.497. The average molecular weight is 395 g/mol. The van der Waals surface area contributed by atoms with E-state index in [2.05, 4.69) is 10.1 Å². The zero-order valence-corrected chi connectivity index (χ0v) is 15.6. The molecule has 5 rings (SSSR count). The fourth-order valence-corrected chi connectivity index (χ4v) is 4.41. The van der Waals surface area contributed by atoms with Gasteiger partial charge in [0.05, 0.1) is 11.3 Å². The number of likely N-dealkylation sites (N-methyl/N-ethyl adjacent to an activating group) is 1. The third-order valence-electron chi connectivity index (χ3n) is 4.52. The highest BCUT2D eigenvalue weighted by molar-refractivity contribution is 7.15. The Labute approximate surface area is 161 Å². The second-order valence-electron chi connectivity index (χ2n) is 6.13. The van der Waals surface area contributed by atoms with Gasteiger partial charge >= 0.3 is 0 Å². The molecule has 0 atom stereocenters. The summed E-state index contributed by atoms with van der Waals surface area (Å²) < 4.78 is 1.60. The summed E-state index contributed by atoms with van der Waals surface area (Å²) in [7, 11) is 1.70. The van der Waals surface area contributed by atoms with Crippen molar-refractivity contribution in [2.24, 2.45) is 0 Å². The van der Waals surface area contributed by atoms with Crippen molar-refractivity contribution in [2.45, 2.75) is 0 Å². The number of anilines is 1. The minimum Gasteiger partial charge on any atom is -0.311 e. The van der Waals surface area contributed by atoms with Gasteiger partial charge in [-0.25, -0.2) is 0 Å². The van der Waals surface area contributed by atoms with Crippen LogP contribution in [-0.4, -0.2) is 27.6 Å². The Kier molecular flexibility index (Phi) is 3.43. The van der Waals surface area contributed by atoms with Crippen LogP contribution in [0.1, 0.15) is 5.56 Å². The molecule has 1 amide bonds. The zero-order chi connectivity index (χ0) is 18.7. The number of hydrogen-bond acceptors (Lipinski definition) is 5. The van der Waals surface area contributed by atoms with Crippen LogP contribution < -0.4 is 15.0 Å². The molecule has 3 heterocycles. The lowest BCUT2D eigenvalue weighted by Crippen LogP contribution is -2.30. The van der Waals surface area contributed by atoms with Gasteiger partial charge in [0.2, 0.25) is 4.96 Å². The third-order valence-corrected chi connectivity index (χ3v) is 5.79. The highest BCUT2D eigenvalue weighted by atomic mass is 35.5. The van der Waals surface area contributed by atoms with E-state index in [1.54, 1.807) is 30.1 Å². The first-order valence-corrected chi connectivity index (χ1v) is 9.31. The summed E-state index contributed by atoms with van der Waals surface area (Å²) in [5.41, 5.74) is 2.33. The first-order chi connectivity index (χ1) is 13.0. The summed E-state index contributed by atoms with van der Waals surface area (Å²) in [5, 5.41) is 4.89. The average Bonchev–Trinajstić information content (AvgIpc) is 3.29. The molecule has 0 fully saturated rings. The predicted octanol–water partition coefficient (Wildman–Crippen LogP) is 2.37. The van der Waals surface area contributed by atoms with E-state index in [-0.39, 0.29) is 11.5 Å². The Bertz CT molecular complexity index is 1360. The Hall–Kier alpha value is -3.03. The number of aromatic nitrogens is 3. The number of rotatable bonds is 1. The van der Waals surface area contributed by atoms with E-state index in [1.165, 1.54) is 15.9 Å². The summed E-state index contributed by atoms with van der Waals surface area (Å²) in [6, 6.07) is 14.6. The number of para-hydroxylation sites is 1. The molecule has 1 aliphatic heterocycles. The van der Waals surface area contributed by atoms with Crippen LogP contribution in [0.3, 0.4) is 0 Å². The van der Waals surface area contributed by atoms with Crippen LogP contribution in [-0.2, 0) is 4.79 Å². The lowest BCUT2D eigenvalue weighted by Gasteiger charge is -2.07. The van der Waals surface area contributed by atoms with Crippen LogP contribution in [0, 0.1) is 0 Å². The van der Waals surface area contributed by atoms with Gasteiger partial charge < -0.3 is 4.90 Å². The number of thiazole rings is 1. The molecule has 6 nitrogen and oxygen atoms in total. The maximum atomic E-state index is 12.9. The SMILES string of the molecule is CN1C(=O)/C(=c2\sc3nc(-c4cccc(Cl)c4)nn3c2=O)c2ccccc21. The van der Waals surface area contributed by atoms with E-state index in [0.29, 0.717) is 25.9 Å². The lowest BCUT2D eigenvalue weighted by molar-refractivity contribution is -0.112. The van der Waals surface area contributed by atoms with E-state index in [9.17, 15) is 9.59 Å². The molecule has 8 heteroatoms. The number of hydrogen-bond donors (Lipinski definition) is 0. The second-order valence-corrected chi connectivity index (χ2v) is 7.55. The van der Waals surface area contributed by atoms with Crippen LogP contribution in [0.5, 0.6) is 0 Å². The number of fused-ring (bicyclic) bond motifs is 2. The van der Waals surface area contributed by atoms with Crippen molar-refractivity contribution >= 4 is 45.1 Å². The van der Waals surface area contributed by atoms with Crippen LogP contribution in [0.2, 0.25) is 5.02 Å². The third kappa shape index (κ3) is 2.32. The number of benzene rings is 2. The first-order valence-electron chi connectivity index (χ1n) is 8.12. The molecular weight excluding hydrogens is 384 g/mol. The van der Waals surface area contributed by atoms with Crippen molar-refractivity contribution < 1.29 is 4.79 Å². The smallest absolute Gasteiger partial charge is 0.291 e. The van der Waals surface area contributed by atoms with Gasteiger partial charge in [-0.1, -0.05) is 53.3 Å². The standard InChI is InChI=1S/C19H11ClN4O2S/c1-23-13-8-3-2-7-12(13)14(17(23)25)15-18(26)24-19(27-15)21-16(22-24)10-5-4-6-11(20)9-10/h2-9H,1H3/b15-14-. The molecule has 132 valence electrons. The monoisotopic (exact) mass is 394 g/mol. The molecule has 0 bridgehead atoms. The first kappa shape index (κ1) is 16.2. The van der Waals surface area contributed by atoms with Crippen LogP contribution in [0.15, 0.2) is 53.3 Å². The molecule has 0 saturated heterocycles. The van der Waals surface area contributed by atoms with Gasteiger partial charge in [-0.2, -0.15) is 9.50 Å². The van der Waals surface area contributed by atoms with E-state index in [0.717, 1.165) is 16.8 Å². The summed E-state index contributed by atoms with van der Waals surface area (Å²) >= 11 is 7.19. The van der Waals surface area contributed by atoms with E-state index in [4.69, 9.17) is 11.6 Å². The van der Waals surface area contributed by atoms with Crippen molar-refractivity contribution in [3.63, 3.8) is 0 Å². The molecule has 0 unspecified atom stereocenters. The maximum absolute atomic E-state index is 12.9. The molecule has 2 aromatic carbocycles. The number of nitrogens with zero attached hydrogens (tertiary/aromatic N) is 4. The number of amides is 1. The van der Waals surface area contributed by atoms with Crippen molar-refractivity contribution in [1.82, 2.24) is 14.6 Å². The van der Waals surface area contributed by atoms with Crippen molar-refractivity contribution in [3.05, 3.63) is 74.0 Å². The highest BCUT2D eigenvalue weighted by Crippen LogP contribution is 2.33. The second kappa shape index (κ2) is 5.73. The fourth-order valence-electron chi connectivity index (χ4n) is 3.22. The minimum atomic E-state index is -0.343. The number of carbonyl (C=O) groups excluding carboxylic acids is 1. The predicted molar refractivity (Wildman–Crippen MR) is 105 cm³/mol. The zero-order valence-electron chi connectivity index (χ0n) is 14.0. The van der Waals surface area contributed by atoms with Crippen LogP contribution >= 0.6 is 22.9 Å². The van der Waals surface area contributed by atoms with Gasteiger partial charge in [-0.3, -0.25) is 9.59 Å². The largest absolute Gasteiger partial charge is 0.311 e. The summed E-state index contributed by atoms with van der Waals surface area (Å²) in [5.74, 6) is 0.223. The normalized spacial score (nSPS) is 15.6. The van der Waals surface area contributed by atoms with Gasteiger partial charge in [0.15, 0.2) is 5.82 Å².